The molecule has 0 aliphatic rings. The van der Waals surface area contributed by atoms with Crippen molar-refractivity contribution in [2.45, 2.75) is 25.7 Å². The summed E-state index contributed by atoms with van der Waals surface area (Å²) in [7, 11) is 0. The van der Waals surface area contributed by atoms with Crippen LogP contribution in [0.25, 0.3) is 6.08 Å². The maximum atomic E-state index is 12.6. The van der Waals surface area contributed by atoms with Gasteiger partial charge < -0.3 is 15.7 Å². The number of benzene rings is 2. The first-order valence-corrected chi connectivity index (χ1v) is 10.1. The summed E-state index contributed by atoms with van der Waals surface area (Å²) in [6.45, 7) is 0.400. The highest BCUT2D eigenvalue weighted by molar-refractivity contribution is 9.10. The minimum atomic E-state index is -0.822. The molecule has 2 aromatic carbocycles. The highest BCUT2D eigenvalue weighted by Crippen LogP contribution is 2.13. The topological polar surface area (TPSA) is 95.5 Å². The van der Waals surface area contributed by atoms with E-state index in [0.717, 1.165) is 10.0 Å². The van der Waals surface area contributed by atoms with Gasteiger partial charge in [-0.3, -0.25) is 14.4 Å². The zero-order valence-electron chi connectivity index (χ0n) is 15.9. The number of carbonyl (C=O) groups excluding carboxylic acids is 2. The van der Waals surface area contributed by atoms with E-state index in [0.29, 0.717) is 31.4 Å². The Morgan fingerprint density at radius 1 is 0.966 bits per heavy atom. The molecule has 0 spiro atoms. The van der Waals surface area contributed by atoms with E-state index in [4.69, 9.17) is 5.11 Å². The molecule has 0 saturated heterocycles. The van der Waals surface area contributed by atoms with Gasteiger partial charge in [0.25, 0.3) is 11.8 Å². The van der Waals surface area contributed by atoms with Gasteiger partial charge in [0, 0.05) is 23.0 Å². The van der Waals surface area contributed by atoms with E-state index >= 15 is 0 Å². The average molecular weight is 459 g/mol. The van der Waals surface area contributed by atoms with Crippen LogP contribution in [0.1, 0.15) is 41.6 Å². The normalized spacial score (nSPS) is 11.0. The zero-order chi connectivity index (χ0) is 21.1. The largest absolute Gasteiger partial charge is 0.481 e. The van der Waals surface area contributed by atoms with Gasteiger partial charge in [-0.25, -0.2) is 0 Å². The van der Waals surface area contributed by atoms with Gasteiger partial charge in [0.15, 0.2) is 0 Å². The monoisotopic (exact) mass is 458 g/mol. The van der Waals surface area contributed by atoms with Crippen LogP contribution in [0.5, 0.6) is 0 Å². The number of nitrogens with one attached hydrogen (secondary N) is 2. The molecule has 0 fully saturated rings. The molecule has 0 unspecified atom stereocenters. The highest BCUT2D eigenvalue weighted by atomic mass is 79.9. The molecule has 0 heterocycles. The molecule has 2 rings (SSSR count). The summed E-state index contributed by atoms with van der Waals surface area (Å²) in [5.41, 5.74) is 1.36. The van der Waals surface area contributed by atoms with Gasteiger partial charge in [0.2, 0.25) is 0 Å². The van der Waals surface area contributed by atoms with Crippen LogP contribution in [-0.2, 0) is 9.59 Å². The number of aliphatic carboxylic acids is 1. The molecule has 0 aliphatic heterocycles. The lowest BCUT2D eigenvalue weighted by molar-refractivity contribution is -0.137. The number of halogens is 1. The smallest absolute Gasteiger partial charge is 0.303 e. The third-order valence-corrected chi connectivity index (χ3v) is 4.54. The van der Waals surface area contributed by atoms with Crippen molar-refractivity contribution in [3.05, 3.63) is 75.9 Å². The molecule has 29 heavy (non-hydrogen) atoms. The van der Waals surface area contributed by atoms with Crippen molar-refractivity contribution in [1.29, 1.82) is 0 Å². The molecule has 0 aromatic heterocycles. The van der Waals surface area contributed by atoms with Crippen molar-refractivity contribution in [2.24, 2.45) is 0 Å². The highest BCUT2D eigenvalue weighted by Gasteiger charge is 2.14. The van der Waals surface area contributed by atoms with Crippen LogP contribution in [-0.4, -0.2) is 29.4 Å². The quantitative estimate of drug-likeness (QED) is 0.370. The second-order valence-electron chi connectivity index (χ2n) is 6.39. The fourth-order valence-corrected chi connectivity index (χ4v) is 2.97. The van der Waals surface area contributed by atoms with E-state index < -0.39 is 11.9 Å². The minimum absolute atomic E-state index is 0.121. The first kappa shape index (κ1) is 22.4. The number of hydrogen-bond donors (Lipinski definition) is 3. The summed E-state index contributed by atoms with van der Waals surface area (Å²) in [6.07, 6.45) is 3.68. The van der Waals surface area contributed by atoms with Crippen molar-refractivity contribution < 1.29 is 19.5 Å². The fourth-order valence-electron chi connectivity index (χ4n) is 2.57. The molecule has 0 saturated carbocycles. The van der Waals surface area contributed by atoms with Gasteiger partial charge in [-0.05, 0) is 42.7 Å². The second-order valence-corrected chi connectivity index (χ2v) is 7.31. The van der Waals surface area contributed by atoms with E-state index in [1.54, 1.807) is 24.3 Å². The molecule has 2 aromatic rings. The van der Waals surface area contributed by atoms with Gasteiger partial charge in [-0.2, -0.15) is 0 Å². The average Bonchev–Trinajstić information content (AvgIpc) is 2.70. The second kappa shape index (κ2) is 11.8. The van der Waals surface area contributed by atoms with E-state index in [1.165, 1.54) is 0 Å². The standard InChI is InChI=1S/C22H23BrN2O4/c23-18-11-7-10-17(15-18)21(28)25-19(14-16-8-3-1-4-9-16)22(29)24-13-6-2-5-12-20(26)27/h1,3-4,7-11,14-15H,2,5-6,12-13H2,(H,24,29)(H,25,28)(H,26,27). The third kappa shape index (κ3) is 8.31. The Kier molecular flexibility index (Phi) is 9.11. The van der Waals surface area contributed by atoms with Gasteiger partial charge in [-0.15, -0.1) is 0 Å². The molecule has 0 aliphatic carbocycles. The molecule has 152 valence electrons. The van der Waals surface area contributed by atoms with E-state index in [1.807, 2.05) is 36.4 Å². The lowest BCUT2D eigenvalue weighted by atomic mass is 10.1. The van der Waals surface area contributed by atoms with Crippen molar-refractivity contribution in [2.75, 3.05) is 6.54 Å². The summed E-state index contributed by atoms with van der Waals surface area (Å²) in [6, 6.07) is 16.1. The van der Waals surface area contributed by atoms with Crippen molar-refractivity contribution in [1.82, 2.24) is 10.6 Å². The summed E-state index contributed by atoms with van der Waals surface area (Å²) < 4.78 is 0.768. The van der Waals surface area contributed by atoms with Crippen LogP contribution < -0.4 is 10.6 Å². The Morgan fingerprint density at radius 2 is 1.72 bits per heavy atom. The predicted octanol–water partition coefficient (Wildman–Crippen LogP) is 3.98. The number of hydrogen-bond acceptors (Lipinski definition) is 3. The number of carboxylic acid groups (broad SMARTS) is 1. The van der Waals surface area contributed by atoms with Crippen molar-refractivity contribution in [3.8, 4) is 0 Å². The van der Waals surface area contributed by atoms with Gasteiger partial charge in [0.1, 0.15) is 5.70 Å². The number of carboxylic acids is 1. The van der Waals surface area contributed by atoms with Gasteiger partial charge in [0.05, 0.1) is 0 Å². The van der Waals surface area contributed by atoms with Gasteiger partial charge >= 0.3 is 5.97 Å². The van der Waals surface area contributed by atoms with E-state index in [2.05, 4.69) is 26.6 Å². The van der Waals surface area contributed by atoms with Crippen molar-refractivity contribution in [3.63, 3.8) is 0 Å². The Balaban J connectivity index is 2.03. The fraction of sp³-hybridized carbons (Fsp3) is 0.227. The maximum absolute atomic E-state index is 12.6. The molecular formula is C22H23BrN2O4. The Labute approximate surface area is 178 Å². The maximum Gasteiger partial charge on any atom is 0.303 e. The van der Waals surface area contributed by atoms with Crippen LogP contribution in [0, 0.1) is 0 Å². The van der Waals surface area contributed by atoms with E-state index in [9.17, 15) is 14.4 Å². The van der Waals surface area contributed by atoms with Gasteiger partial charge in [-0.1, -0.05) is 58.7 Å². The van der Waals surface area contributed by atoms with E-state index in [-0.39, 0.29) is 18.0 Å². The van der Waals surface area contributed by atoms with Crippen LogP contribution in [0.4, 0.5) is 0 Å². The van der Waals surface area contributed by atoms with Crippen molar-refractivity contribution >= 4 is 39.8 Å². The number of carbonyl (C=O) groups is 3. The first-order chi connectivity index (χ1) is 14.0. The third-order valence-electron chi connectivity index (χ3n) is 4.04. The number of rotatable bonds is 10. The minimum Gasteiger partial charge on any atom is -0.481 e. The zero-order valence-corrected chi connectivity index (χ0v) is 17.4. The SMILES string of the molecule is O=C(O)CCCCCNC(=O)C(=Cc1ccccc1)NC(=O)c1cccc(Br)c1. The number of unbranched alkanes of at least 4 members (excludes halogenated alkanes) is 2. The van der Waals surface area contributed by atoms with Crippen LogP contribution in [0.15, 0.2) is 64.8 Å². The molecule has 7 heteroatoms. The predicted molar refractivity (Wildman–Crippen MR) is 115 cm³/mol. The summed E-state index contributed by atoms with van der Waals surface area (Å²) in [5, 5.41) is 14.1. The Hall–Kier alpha value is -2.93. The molecule has 3 N–H and O–H groups in total. The summed E-state index contributed by atoms with van der Waals surface area (Å²) >= 11 is 3.33. The molecular weight excluding hydrogens is 436 g/mol. The van der Waals surface area contributed by atoms with Crippen LogP contribution in [0.2, 0.25) is 0 Å². The summed E-state index contributed by atoms with van der Waals surface area (Å²) in [5.74, 6) is -1.60. The molecule has 2 amide bonds. The summed E-state index contributed by atoms with van der Waals surface area (Å²) in [4.78, 5) is 35.7. The molecule has 0 atom stereocenters. The Morgan fingerprint density at radius 3 is 2.41 bits per heavy atom. The molecule has 0 bridgehead atoms. The van der Waals surface area contributed by atoms with Crippen LogP contribution in [0.3, 0.4) is 0 Å². The molecule has 0 radical (unpaired) electrons. The number of amides is 2. The lowest BCUT2D eigenvalue weighted by Gasteiger charge is -2.11. The lowest BCUT2D eigenvalue weighted by Crippen LogP contribution is -2.35. The van der Waals surface area contributed by atoms with Crippen LogP contribution >= 0.6 is 15.9 Å². The first-order valence-electron chi connectivity index (χ1n) is 9.29. The Bertz CT molecular complexity index is 881. The molecule has 6 nitrogen and oxygen atoms in total.